The molecule has 4 nitrogen and oxygen atoms in total. The monoisotopic (exact) mass is 301 g/mol. The van der Waals surface area contributed by atoms with Gasteiger partial charge in [0.05, 0.1) is 18.3 Å². The molecule has 0 aliphatic carbocycles. The van der Waals surface area contributed by atoms with E-state index < -0.39 is 0 Å². The first-order valence-corrected chi connectivity index (χ1v) is 7.11. The largest absolute Gasteiger partial charge is 0.365 e. The minimum atomic E-state index is -0.375. The van der Waals surface area contributed by atoms with E-state index in [0.717, 1.165) is 5.82 Å². The standard InChI is InChI=1S/C17H20FN3O/c1-17(2,3)21-15-9-8-13(11-19-15)20-16(22)10-12-6-4-5-7-14(12)18/h4-9,11H,10H2,1-3H3,(H,19,21)(H,20,22). The van der Waals surface area contributed by atoms with E-state index in [9.17, 15) is 9.18 Å². The minimum Gasteiger partial charge on any atom is -0.365 e. The van der Waals surface area contributed by atoms with Crippen LogP contribution in [0.5, 0.6) is 0 Å². The Hall–Kier alpha value is -2.43. The number of benzene rings is 1. The first-order valence-electron chi connectivity index (χ1n) is 7.11. The molecular weight excluding hydrogens is 281 g/mol. The van der Waals surface area contributed by atoms with Crippen LogP contribution < -0.4 is 10.6 Å². The molecule has 1 aromatic heterocycles. The maximum atomic E-state index is 13.5. The Morgan fingerprint density at radius 3 is 2.50 bits per heavy atom. The Labute approximate surface area is 129 Å². The van der Waals surface area contributed by atoms with Crippen LogP contribution in [-0.2, 0) is 11.2 Å². The lowest BCUT2D eigenvalue weighted by atomic mass is 10.1. The van der Waals surface area contributed by atoms with E-state index in [4.69, 9.17) is 0 Å². The topological polar surface area (TPSA) is 54.0 Å². The molecule has 0 fully saturated rings. The second-order valence-electron chi connectivity index (χ2n) is 6.12. The van der Waals surface area contributed by atoms with Crippen molar-refractivity contribution in [3.8, 4) is 0 Å². The average Bonchev–Trinajstić information content (AvgIpc) is 2.42. The molecule has 2 N–H and O–H groups in total. The van der Waals surface area contributed by atoms with E-state index >= 15 is 0 Å². The summed E-state index contributed by atoms with van der Waals surface area (Å²) in [4.78, 5) is 16.2. The molecule has 2 aromatic rings. The van der Waals surface area contributed by atoms with Gasteiger partial charge in [-0.15, -0.1) is 0 Å². The molecule has 1 heterocycles. The Kier molecular flexibility index (Phi) is 4.75. The number of halogens is 1. The predicted molar refractivity (Wildman–Crippen MR) is 86.3 cm³/mol. The summed E-state index contributed by atoms with van der Waals surface area (Å²) >= 11 is 0. The fraction of sp³-hybridized carbons (Fsp3) is 0.294. The highest BCUT2D eigenvalue weighted by atomic mass is 19.1. The van der Waals surface area contributed by atoms with E-state index in [-0.39, 0.29) is 23.7 Å². The molecule has 22 heavy (non-hydrogen) atoms. The van der Waals surface area contributed by atoms with Gasteiger partial charge in [0.25, 0.3) is 0 Å². The lowest BCUT2D eigenvalue weighted by molar-refractivity contribution is -0.115. The third-order valence-electron chi connectivity index (χ3n) is 2.86. The van der Waals surface area contributed by atoms with Crippen molar-refractivity contribution in [3.63, 3.8) is 0 Å². The summed E-state index contributed by atoms with van der Waals surface area (Å²) in [6, 6.07) is 9.81. The highest BCUT2D eigenvalue weighted by Crippen LogP contribution is 2.15. The van der Waals surface area contributed by atoms with Crippen LogP contribution in [0.2, 0.25) is 0 Å². The van der Waals surface area contributed by atoms with Gasteiger partial charge in [-0.3, -0.25) is 4.79 Å². The van der Waals surface area contributed by atoms with Gasteiger partial charge >= 0.3 is 0 Å². The zero-order chi connectivity index (χ0) is 16.2. The van der Waals surface area contributed by atoms with Gasteiger partial charge in [-0.25, -0.2) is 9.37 Å². The molecule has 1 aromatic carbocycles. The number of amides is 1. The number of hydrogen-bond donors (Lipinski definition) is 2. The average molecular weight is 301 g/mol. The molecule has 116 valence electrons. The van der Waals surface area contributed by atoms with E-state index in [1.165, 1.54) is 6.07 Å². The number of nitrogens with one attached hydrogen (secondary N) is 2. The van der Waals surface area contributed by atoms with Gasteiger partial charge in [0.1, 0.15) is 11.6 Å². The normalized spacial score (nSPS) is 11.1. The second kappa shape index (κ2) is 6.56. The van der Waals surface area contributed by atoms with Crippen molar-refractivity contribution in [2.45, 2.75) is 32.7 Å². The summed E-state index contributed by atoms with van der Waals surface area (Å²) < 4.78 is 13.5. The summed E-state index contributed by atoms with van der Waals surface area (Å²) in [7, 11) is 0. The van der Waals surface area contributed by atoms with Crippen molar-refractivity contribution in [1.82, 2.24) is 4.98 Å². The Bertz CT molecular complexity index is 648. The van der Waals surface area contributed by atoms with Crippen LogP contribution in [0, 0.1) is 5.82 Å². The Morgan fingerprint density at radius 1 is 1.18 bits per heavy atom. The third-order valence-corrected chi connectivity index (χ3v) is 2.86. The number of rotatable bonds is 4. The summed E-state index contributed by atoms with van der Waals surface area (Å²) in [5.74, 6) is 0.0866. The number of anilines is 2. The maximum Gasteiger partial charge on any atom is 0.228 e. The Balaban J connectivity index is 1.96. The van der Waals surface area contributed by atoms with Crippen LogP contribution in [0.4, 0.5) is 15.9 Å². The zero-order valence-corrected chi connectivity index (χ0v) is 13.0. The van der Waals surface area contributed by atoms with Gasteiger partial charge < -0.3 is 10.6 Å². The van der Waals surface area contributed by atoms with Gasteiger partial charge in [-0.2, -0.15) is 0 Å². The lowest BCUT2D eigenvalue weighted by Crippen LogP contribution is -2.26. The molecule has 0 saturated heterocycles. The fourth-order valence-electron chi connectivity index (χ4n) is 1.95. The van der Waals surface area contributed by atoms with Crippen molar-refractivity contribution in [3.05, 3.63) is 54.0 Å². The van der Waals surface area contributed by atoms with Crippen molar-refractivity contribution >= 4 is 17.4 Å². The first-order chi connectivity index (χ1) is 10.3. The third kappa shape index (κ3) is 4.84. The van der Waals surface area contributed by atoms with Gasteiger partial charge in [-0.1, -0.05) is 18.2 Å². The molecule has 0 aliphatic heterocycles. The lowest BCUT2D eigenvalue weighted by Gasteiger charge is -2.21. The summed E-state index contributed by atoms with van der Waals surface area (Å²) in [6.07, 6.45) is 1.57. The SMILES string of the molecule is CC(C)(C)Nc1ccc(NC(=O)Cc2ccccc2F)cn1. The molecule has 2 rings (SSSR count). The van der Waals surface area contributed by atoms with Crippen molar-refractivity contribution in [1.29, 1.82) is 0 Å². The quantitative estimate of drug-likeness (QED) is 0.907. The number of nitrogens with zero attached hydrogens (tertiary/aromatic N) is 1. The van der Waals surface area contributed by atoms with Crippen molar-refractivity contribution < 1.29 is 9.18 Å². The Morgan fingerprint density at radius 2 is 1.91 bits per heavy atom. The molecular formula is C17H20FN3O. The van der Waals surface area contributed by atoms with Crippen molar-refractivity contribution in [2.24, 2.45) is 0 Å². The molecule has 0 spiro atoms. The molecule has 0 bridgehead atoms. The minimum absolute atomic E-state index is 0.00529. The van der Waals surface area contributed by atoms with Crippen LogP contribution in [0.3, 0.4) is 0 Å². The van der Waals surface area contributed by atoms with E-state index in [1.807, 2.05) is 20.8 Å². The van der Waals surface area contributed by atoms with Gasteiger partial charge in [-0.05, 0) is 44.5 Å². The number of carbonyl (C=O) groups excluding carboxylic acids is 1. The van der Waals surface area contributed by atoms with E-state index in [2.05, 4.69) is 15.6 Å². The molecule has 5 heteroatoms. The van der Waals surface area contributed by atoms with Gasteiger partial charge in [0, 0.05) is 5.54 Å². The predicted octanol–water partition coefficient (Wildman–Crippen LogP) is 3.61. The van der Waals surface area contributed by atoms with E-state index in [1.54, 1.807) is 36.5 Å². The number of hydrogen-bond acceptors (Lipinski definition) is 3. The molecule has 0 radical (unpaired) electrons. The smallest absolute Gasteiger partial charge is 0.228 e. The number of pyridine rings is 1. The molecule has 0 saturated carbocycles. The molecule has 0 aliphatic rings. The van der Waals surface area contributed by atoms with Crippen molar-refractivity contribution in [2.75, 3.05) is 10.6 Å². The highest BCUT2D eigenvalue weighted by Gasteiger charge is 2.11. The van der Waals surface area contributed by atoms with Crippen LogP contribution in [0.25, 0.3) is 0 Å². The summed E-state index contributed by atoms with van der Waals surface area (Å²) in [5.41, 5.74) is 0.877. The highest BCUT2D eigenvalue weighted by molar-refractivity contribution is 5.92. The van der Waals surface area contributed by atoms with E-state index in [0.29, 0.717) is 11.3 Å². The summed E-state index contributed by atoms with van der Waals surface area (Å²) in [6.45, 7) is 6.12. The van der Waals surface area contributed by atoms with Gasteiger partial charge in [0.15, 0.2) is 0 Å². The van der Waals surface area contributed by atoms with Crippen LogP contribution >= 0.6 is 0 Å². The maximum absolute atomic E-state index is 13.5. The molecule has 0 atom stereocenters. The van der Waals surface area contributed by atoms with Crippen LogP contribution in [0.1, 0.15) is 26.3 Å². The molecule has 0 unspecified atom stereocenters. The number of aromatic nitrogens is 1. The van der Waals surface area contributed by atoms with Crippen LogP contribution in [0.15, 0.2) is 42.6 Å². The summed E-state index contributed by atoms with van der Waals surface area (Å²) in [5, 5.41) is 5.95. The second-order valence-corrected chi connectivity index (χ2v) is 6.12. The van der Waals surface area contributed by atoms with Crippen LogP contribution in [-0.4, -0.2) is 16.4 Å². The fourth-order valence-corrected chi connectivity index (χ4v) is 1.95. The zero-order valence-electron chi connectivity index (χ0n) is 13.0. The van der Waals surface area contributed by atoms with Gasteiger partial charge in [0.2, 0.25) is 5.91 Å². The number of carbonyl (C=O) groups is 1. The first kappa shape index (κ1) is 15.9. The molecule has 1 amide bonds.